The van der Waals surface area contributed by atoms with Crippen LogP contribution in [0.4, 0.5) is 8.78 Å². The molecule has 2 N–H and O–H groups in total. The highest BCUT2D eigenvalue weighted by atomic mass is 19.2. The van der Waals surface area contributed by atoms with Gasteiger partial charge in [-0.25, -0.2) is 8.78 Å². The smallest absolute Gasteiger partial charge is 0.169 e. The summed E-state index contributed by atoms with van der Waals surface area (Å²) in [6, 6.07) is 3.64. The number of hydrogen-bond donors (Lipinski definition) is 1. The Morgan fingerprint density at radius 1 is 1.44 bits per heavy atom. The lowest BCUT2D eigenvalue weighted by molar-refractivity contribution is 0.0918. The van der Waals surface area contributed by atoms with Crippen LogP contribution in [-0.4, -0.2) is 12.3 Å². The van der Waals surface area contributed by atoms with Crippen molar-refractivity contribution in [3.8, 4) is 0 Å². The molecule has 0 aliphatic rings. The maximum atomic E-state index is 13.3. The van der Waals surface area contributed by atoms with Crippen LogP contribution in [0.1, 0.15) is 30.1 Å². The van der Waals surface area contributed by atoms with Gasteiger partial charge in [0.15, 0.2) is 17.4 Å². The molecule has 1 rings (SSSR count). The van der Waals surface area contributed by atoms with E-state index < -0.39 is 11.6 Å². The van der Waals surface area contributed by atoms with Gasteiger partial charge in [-0.3, -0.25) is 4.79 Å². The normalized spacial score (nSPS) is 12.5. The molecule has 0 saturated carbocycles. The Labute approximate surface area is 93.5 Å². The predicted molar refractivity (Wildman–Crippen MR) is 58.1 cm³/mol. The Balaban J connectivity index is 2.84. The summed E-state index contributed by atoms with van der Waals surface area (Å²) in [4.78, 5) is 11.8. The Kier molecular flexibility index (Phi) is 4.55. The van der Waals surface area contributed by atoms with Gasteiger partial charge in [0.2, 0.25) is 0 Å². The van der Waals surface area contributed by atoms with Crippen LogP contribution in [0, 0.1) is 17.6 Å². The predicted octanol–water partition coefficient (Wildman–Crippen LogP) is 2.52. The van der Waals surface area contributed by atoms with Crippen molar-refractivity contribution >= 4 is 5.78 Å². The minimum atomic E-state index is -1.06. The van der Waals surface area contributed by atoms with Crippen LogP contribution in [0.5, 0.6) is 0 Å². The number of halogens is 2. The lowest BCUT2D eigenvalue weighted by atomic mass is 9.94. The first kappa shape index (κ1) is 12.8. The quantitative estimate of drug-likeness (QED) is 0.785. The van der Waals surface area contributed by atoms with E-state index in [2.05, 4.69) is 0 Å². The standard InChI is InChI=1S/C12H15F2NO/c1-8(4-3-7-15)12(16)9-5-2-6-10(13)11(9)14/h2,5-6,8H,3-4,7,15H2,1H3. The highest BCUT2D eigenvalue weighted by molar-refractivity contribution is 5.97. The van der Waals surface area contributed by atoms with Crippen molar-refractivity contribution < 1.29 is 13.6 Å². The zero-order chi connectivity index (χ0) is 12.1. The van der Waals surface area contributed by atoms with Crippen LogP contribution >= 0.6 is 0 Å². The summed E-state index contributed by atoms with van der Waals surface area (Å²) in [5.74, 6) is -2.76. The molecule has 0 amide bonds. The second-order valence-corrected chi connectivity index (χ2v) is 3.80. The number of hydrogen-bond acceptors (Lipinski definition) is 2. The molecule has 0 aromatic heterocycles. The monoisotopic (exact) mass is 227 g/mol. The number of carbonyl (C=O) groups is 1. The topological polar surface area (TPSA) is 43.1 Å². The Bertz CT molecular complexity index is 379. The van der Waals surface area contributed by atoms with Gasteiger partial charge in [-0.05, 0) is 31.5 Å². The third kappa shape index (κ3) is 2.85. The summed E-state index contributed by atoms with van der Waals surface area (Å²) < 4.78 is 26.2. The van der Waals surface area contributed by atoms with Crippen molar-refractivity contribution in [3.63, 3.8) is 0 Å². The van der Waals surface area contributed by atoms with E-state index in [4.69, 9.17) is 5.73 Å². The van der Waals surface area contributed by atoms with Gasteiger partial charge in [0.05, 0.1) is 5.56 Å². The fourth-order valence-electron chi connectivity index (χ4n) is 1.51. The summed E-state index contributed by atoms with van der Waals surface area (Å²) in [6.45, 7) is 2.19. The maximum Gasteiger partial charge on any atom is 0.169 e. The number of ketones is 1. The molecule has 0 fully saturated rings. The fourth-order valence-corrected chi connectivity index (χ4v) is 1.51. The summed E-state index contributed by atoms with van der Waals surface area (Å²) in [6.07, 6.45) is 1.29. The van der Waals surface area contributed by atoms with Crippen molar-refractivity contribution in [2.75, 3.05) is 6.54 Å². The molecule has 0 bridgehead atoms. The van der Waals surface area contributed by atoms with E-state index in [0.29, 0.717) is 19.4 Å². The third-order valence-electron chi connectivity index (χ3n) is 2.51. The molecule has 4 heteroatoms. The van der Waals surface area contributed by atoms with Crippen LogP contribution in [0.15, 0.2) is 18.2 Å². The van der Waals surface area contributed by atoms with Gasteiger partial charge in [0.1, 0.15) is 0 Å². The summed E-state index contributed by atoms with van der Waals surface area (Å²) >= 11 is 0. The molecule has 2 nitrogen and oxygen atoms in total. The number of benzene rings is 1. The first-order valence-electron chi connectivity index (χ1n) is 5.26. The largest absolute Gasteiger partial charge is 0.330 e. The van der Waals surface area contributed by atoms with Gasteiger partial charge in [-0.15, -0.1) is 0 Å². The lowest BCUT2D eigenvalue weighted by Gasteiger charge is -2.10. The average molecular weight is 227 g/mol. The molecule has 0 heterocycles. The number of rotatable bonds is 5. The van der Waals surface area contributed by atoms with Gasteiger partial charge in [-0.2, -0.15) is 0 Å². The maximum absolute atomic E-state index is 13.3. The zero-order valence-corrected chi connectivity index (χ0v) is 9.17. The van der Waals surface area contributed by atoms with Crippen molar-refractivity contribution in [1.82, 2.24) is 0 Å². The molecular weight excluding hydrogens is 212 g/mol. The Hall–Kier alpha value is -1.29. The van der Waals surface area contributed by atoms with Gasteiger partial charge in [0.25, 0.3) is 0 Å². The number of nitrogens with two attached hydrogens (primary N) is 1. The number of Topliss-reactive ketones (excluding diaryl/α,β-unsaturated/α-hetero) is 1. The highest BCUT2D eigenvalue weighted by Gasteiger charge is 2.20. The van der Waals surface area contributed by atoms with Gasteiger partial charge in [0, 0.05) is 5.92 Å². The second kappa shape index (κ2) is 5.70. The van der Waals surface area contributed by atoms with E-state index in [1.165, 1.54) is 12.1 Å². The first-order valence-corrected chi connectivity index (χ1v) is 5.26. The SMILES string of the molecule is CC(CCCN)C(=O)c1cccc(F)c1F. The van der Waals surface area contributed by atoms with E-state index in [9.17, 15) is 13.6 Å². The molecule has 0 aliphatic carbocycles. The highest BCUT2D eigenvalue weighted by Crippen LogP contribution is 2.18. The molecule has 88 valence electrons. The van der Waals surface area contributed by atoms with E-state index in [0.717, 1.165) is 6.07 Å². The van der Waals surface area contributed by atoms with E-state index in [1.54, 1.807) is 6.92 Å². The molecule has 1 aromatic rings. The molecule has 0 spiro atoms. The summed E-state index contributed by atoms with van der Waals surface area (Å²) in [7, 11) is 0. The minimum absolute atomic E-state index is 0.176. The third-order valence-corrected chi connectivity index (χ3v) is 2.51. The molecule has 0 radical (unpaired) electrons. The molecule has 1 aromatic carbocycles. The Morgan fingerprint density at radius 2 is 2.12 bits per heavy atom. The van der Waals surface area contributed by atoms with E-state index in [1.807, 2.05) is 0 Å². The van der Waals surface area contributed by atoms with Crippen molar-refractivity contribution in [2.24, 2.45) is 11.7 Å². The average Bonchev–Trinajstić information content (AvgIpc) is 2.28. The van der Waals surface area contributed by atoms with Crippen molar-refractivity contribution in [1.29, 1.82) is 0 Å². The molecular formula is C12H15F2NO. The number of carbonyl (C=O) groups excluding carboxylic acids is 1. The van der Waals surface area contributed by atoms with Crippen molar-refractivity contribution in [2.45, 2.75) is 19.8 Å². The van der Waals surface area contributed by atoms with Crippen LogP contribution in [0.25, 0.3) is 0 Å². The molecule has 1 atom stereocenters. The molecule has 0 saturated heterocycles. The van der Waals surface area contributed by atoms with Gasteiger partial charge < -0.3 is 5.73 Å². The molecule has 1 unspecified atom stereocenters. The van der Waals surface area contributed by atoms with Gasteiger partial charge in [-0.1, -0.05) is 13.0 Å². The van der Waals surface area contributed by atoms with Crippen LogP contribution in [0.2, 0.25) is 0 Å². The van der Waals surface area contributed by atoms with E-state index in [-0.39, 0.29) is 17.3 Å². The first-order chi connectivity index (χ1) is 7.57. The molecule has 0 aliphatic heterocycles. The molecule has 16 heavy (non-hydrogen) atoms. The minimum Gasteiger partial charge on any atom is -0.330 e. The lowest BCUT2D eigenvalue weighted by Crippen LogP contribution is -2.15. The zero-order valence-electron chi connectivity index (χ0n) is 9.17. The van der Waals surface area contributed by atoms with Crippen LogP contribution < -0.4 is 5.73 Å². The summed E-state index contributed by atoms with van der Waals surface area (Å²) in [5, 5.41) is 0. The van der Waals surface area contributed by atoms with Crippen LogP contribution in [-0.2, 0) is 0 Å². The second-order valence-electron chi connectivity index (χ2n) is 3.80. The van der Waals surface area contributed by atoms with Crippen LogP contribution in [0.3, 0.4) is 0 Å². The fraction of sp³-hybridized carbons (Fsp3) is 0.417. The summed E-state index contributed by atoms with van der Waals surface area (Å²) in [5.41, 5.74) is 5.15. The van der Waals surface area contributed by atoms with E-state index >= 15 is 0 Å². The van der Waals surface area contributed by atoms with Crippen molar-refractivity contribution in [3.05, 3.63) is 35.4 Å². The van der Waals surface area contributed by atoms with Gasteiger partial charge >= 0.3 is 0 Å². The Morgan fingerprint density at radius 3 is 2.75 bits per heavy atom.